The van der Waals surface area contributed by atoms with Gasteiger partial charge < -0.3 is 29.6 Å². The van der Waals surface area contributed by atoms with Gasteiger partial charge in [0.05, 0.1) is 29.0 Å². The van der Waals surface area contributed by atoms with Crippen molar-refractivity contribution in [2.24, 2.45) is 5.73 Å². The first-order valence-corrected chi connectivity index (χ1v) is 15.9. The Morgan fingerprint density at radius 3 is 2.36 bits per heavy atom. The minimum Gasteiger partial charge on any atom is -0.444 e. The number of aromatic nitrogens is 3. The van der Waals surface area contributed by atoms with Crippen LogP contribution in [0.5, 0.6) is 0 Å². The molecule has 1 saturated heterocycles. The summed E-state index contributed by atoms with van der Waals surface area (Å²) < 4.78 is 20.4. The van der Waals surface area contributed by atoms with Gasteiger partial charge in [0.1, 0.15) is 11.4 Å². The molecule has 0 bridgehead atoms. The third-order valence-electron chi connectivity index (χ3n) is 9.27. The molecule has 0 unspecified atom stereocenters. The summed E-state index contributed by atoms with van der Waals surface area (Å²) in [5.74, 6) is 0.618. The number of amides is 2. The normalized spacial score (nSPS) is 17.1. The van der Waals surface area contributed by atoms with Gasteiger partial charge in [-0.3, -0.25) is 9.36 Å². The number of nitrogens with two attached hydrogens (primary N) is 1. The summed E-state index contributed by atoms with van der Waals surface area (Å²) >= 11 is 0. The van der Waals surface area contributed by atoms with E-state index in [1.165, 1.54) is 0 Å². The maximum absolute atomic E-state index is 13.2. The van der Waals surface area contributed by atoms with Crippen molar-refractivity contribution in [1.29, 1.82) is 0 Å². The Kier molecular flexibility index (Phi) is 7.87. The Hall–Kier alpha value is -4.42. The Bertz CT molecular complexity index is 1880. The molecule has 11 nitrogen and oxygen atoms in total. The van der Waals surface area contributed by atoms with E-state index in [-0.39, 0.29) is 6.09 Å². The number of carbonyl (C=O) groups excluding carboxylic acids is 2. The Morgan fingerprint density at radius 2 is 1.70 bits per heavy atom. The summed E-state index contributed by atoms with van der Waals surface area (Å²) in [6.07, 6.45) is 0.138. The third kappa shape index (κ3) is 5.96. The fraction of sp³-hybridized carbons (Fsp3) is 0.429. The molecule has 2 aromatic carbocycles. The van der Waals surface area contributed by atoms with E-state index in [0.717, 1.165) is 39.0 Å². The SMILES string of the molecule is Cc1cc2c(C(N)=O)cccc2n1-c1nc2c(c(N(C)c3cccc(B4OC(C)(C)C(C)(C)O4)c3)n1)CN(C(=O)OC(C)(C)C)CC2. The van der Waals surface area contributed by atoms with Gasteiger partial charge in [-0.05, 0) is 91.2 Å². The van der Waals surface area contributed by atoms with Crippen LogP contribution in [0.1, 0.15) is 75.8 Å². The molecule has 12 heteroatoms. The van der Waals surface area contributed by atoms with Crippen LogP contribution in [0.2, 0.25) is 0 Å². The predicted octanol–water partition coefficient (Wildman–Crippen LogP) is 5.19. The fourth-order valence-corrected chi connectivity index (χ4v) is 6.07. The van der Waals surface area contributed by atoms with Gasteiger partial charge in [0, 0.05) is 47.9 Å². The highest BCUT2D eigenvalue weighted by atomic mass is 16.7. The number of nitrogens with zero attached hydrogens (tertiary/aromatic N) is 5. The molecule has 2 aliphatic heterocycles. The van der Waals surface area contributed by atoms with Gasteiger partial charge >= 0.3 is 13.2 Å². The fourth-order valence-electron chi connectivity index (χ4n) is 6.07. The highest BCUT2D eigenvalue weighted by Crippen LogP contribution is 2.38. The van der Waals surface area contributed by atoms with E-state index in [4.69, 9.17) is 29.7 Å². The molecule has 2 aliphatic rings. The number of anilines is 2. The number of hydrogen-bond donors (Lipinski definition) is 1. The lowest BCUT2D eigenvalue weighted by atomic mass is 9.79. The van der Waals surface area contributed by atoms with Crippen LogP contribution in [0.4, 0.5) is 16.3 Å². The molecule has 47 heavy (non-hydrogen) atoms. The van der Waals surface area contributed by atoms with Crippen molar-refractivity contribution in [2.75, 3.05) is 18.5 Å². The summed E-state index contributed by atoms with van der Waals surface area (Å²) in [5.41, 5.74) is 9.64. The van der Waals surface area contributed by atoms with E-state index in [1.54, 1.807) is 11.0 Å². The summed E-state index contributed by atoms with van der Waals surface area (Å²) in [5, 5.41) is 0.736. The van der Waals surface area contributed by atoms with Crippen molar-refractivity contribution in [3.05, 3.63) is 71.0 Å². The minimum atomic E-state index is -0.623. The summed E-state index contributed by atoms with van der Waals surface area (Å²) in [6.45, 7) is 16.4. The number of ether oxygens (including phenoxy) is 1. The van der Waals surface area contributed by atoms with Crippen LogP contribution >= 0.6 is 0 Å². The van der Waals surface area contributed by atoms with Gasteiger partial charge in [-0.1, -0.05) is 18.2 Å². The number of aryl methyl sites for hydroxylation is 1. The van der Waals surface area contributed by atoms with Crippen LogP contribution in [0.3, 0.4) is 0 Å². The first kappa shape index (κ1) is 32.5. The molecule has 2 aromatic heterocycles. The van der Waals surface area contributed by atoms with Crippen molar-refractivity contribution in [2.45, 2.75) is 85.2 Å². The van der Waals surface area contributed by atoms with Crippen LogP contribution in [0, 0.1) is 6.92 Å². The molecule has 0 aliphatic carbocycles. The first-order chi connectivity index (χ1) is 22.0. The number of carbonyl (C=O) groups is 2. The van der Waals surface area contributed by atoms with Gasteiger partial charge in [0.25, 0.3) is 0 Å². The van der Waals surface area contributed by atoms with Gasteiger partial charge in [0.15, 0.2) is 0 Å². The second-order valence-corrected chi connectivity index (χ2v) is 14.4. The largest absolute Gasteiger partial charge is 0.494 e. The van der Waals surface area contributed by atoms with Crippen LogP contribution < -0.4 is 16.1 Å². The van der Waals surface area contributed by atoms with Crippen LogP contribution in [0.15, 0.2) is 48.5 Å². The molecule has 4 aromatic rings. The molecule has 1 fully saturated rings. The second kappa shape index (κ2) is 11.4. The van der Waals surface area contributed by atoms with E-state index in [9.17, 15) is 9.59 Å². The molecule has 4 heterocycles. The van der Waals surface area contributed by atoms with Gasteiger partial charge in [-0.25, -0.2) is 9.78 Å². The topological polar surface area (TPSA) is 125 Å². The number of benzene rings is 2. The van der Waals surface area contributed by atoms with E-state index in [2.05, 4.69) is 0 Å². The van der Waals surface area contributed by atoms with Crippen molar-refractivity contribution < 1.29 is 23.6 Å². The van der Waals surface area contributed by atoms with Crippen molar-refractivity contribution in [3.63, 3.8) is 0 Å². The lowest BCUT2D eigenvalue weighted by Gasteiger charge is -2.33. The lowest BCUT2D eigenvalue weighted by molar-refractivity contribution is 0.00578. The molecular formula is C35H43BN6O5. The highest BCUT2D eigenvalue weighted by molar-refractivity contribution is 6.62. The number of hydrogen-bond acceptors (Lipinski definition) is 8. The number of primary amides is 1. The van der Waals surface area contributed by atoms with Gasteiger partial charge in [-0.15, -0.1) is 0 Å². The average molecular weight is 639 g/mol. The quantitative estimate of drug-likeness (QED) is 0.296. The summed E-state index contributed by atoms with van der Waals surface area (Å²) in [4.78, 5) is 39.3. The Morgan fingerprint density at radius 1 is 1.02 bits per heavy atom. The predicted molar refractivity (Wildman–Crippen MR) is 183 cm³/mol. The van der Waals surface area contributed by atoms with Crippen LogP contribution in [-0.4, -0.2) is 68.9 Å². The van der Waals surface area contributed by atoms with Crippen LogP contribution in [0.25, 0.3) is 16.9 Å². The average Bonchev–Trinajstić information content (AvgIpc) is 3.45. The smallest absolute Gasteiger partial charge is 0.444 e. The number of rotatable bonds is 5. The lowest BCUT2D eigenvalue weighted by Crippen LogP contribution is -2.41. The number of fused-ring (bicyclic) bond motifs is 2. The van der Waals surface area contributed by atoms with E-state index >= 15 is 0 Å². The molecule has 2 N–H and O–H groups in total. The standard InChI is InChI=1S/C35H43BN6O5/c1-21-18-25-24(29(37)43)14-11-15-28(25)42(21)31-38-27-16-17-41(32(44)45-33(2,3)4)20-26(27)30(39-31)40(9)23-13-10-12-22(19-23)36-46-34(5,6)35(7,8)47-36/h10-15,18-19H,16-17,20H2,1-9H3,(H2,37,43). The molecule has 0 atom stereocenters. The first-order valence-electron chi connectivity index (χ1n) is 15.9. The highest BCUT2D eigenvalue weighted by Gasteiger charge is 2.51. The summed E-state index contributed by atoms with van der Waals surface area (Å²) in [7, 11) is 1.42. The van der Waals surface area contributed by atoms with Crippen molar-refractivity contribution in [3.8, 4) is 5.95 Å². The summed E-state index contributed by atoms with van der Waals surface area (Å²) in [6, 6.07) is 15.4. The maximum Gasteiger partial charge on any atom is 0.494 e. The monoisotopic (exact) mass is 638 g/mol. The zero-order chi connectivity index (χ0) is 34.1. The van der Waals surface area contributed by atoms with E-state index < -0.39 is 29.8 Å². The molecule has 0 saturated carbocycles. The molecule has 6 rings (SSSR count). The molecule has 2 amide bonds. The second-order valence-electron chi connectivity index (χ2n) is 14.4. The van der Waals surface area contributed by atoms with Gasteiger partial charge in [-0.2, -0.15) is 4.98 Å². The minimum absolute atomic E-state index is 0.290. The molecule has 0 radical (unpaired) electrons. The van der Waals surface area contributed by atoms with Crippen LogP contribution in [-0.2, 0) is 27.0 Å². The van der Waals surface area contributed by atoms with E-state index in [0.29, 0.717) is 36.8 Å². The zero-order valence-electron chi connectivity index (χ0n) is 28.7. The van der Waals surface area contributed by atoms with Crippen molar-refractivity contribution in [1.82, 2.24) is 19.4 Å². The molecule has 246 valence electrons. The van der Waals surface area contributed by atoms with E-state index in [1.807, 2.05) is 114 Å². The van der Waals surface area contributed by atoms with Crippen molar-refractivity contribution >= 4 is 47.0 Å². The van der Waals surface area contributed by atoms with Gasteiger partial charge in [0.2, 0.25) is 11.9 Å². The zero-order valence-corrected chi connectivity index (χ0v) is 28.7. The Balaban J connectivity index is 1.46. The molecular weight excluding hydrogens is 595 g/mol. The third-order valence-corrected chi connectivity index (χ3v) is 9.27. The Labute approximate surface area is 276 Å². The maximum atomic E-state index is 13.2. The molecule has 0 spiro atoms.